The number of aromatic nitrogens is 2. The second-order valence-electron chi connectivity index (χ2n) is 6.11. The molecule has 0 spiro atoms. The minimum Gasteiger partial charge on any atom is -0.466 e. The van der Waals surface area contributed by atoms with Gasteiger partial charge in [-0.05, 0) is 31.9 Å². The molecule has 1 amide bonds. The summed E-state index contributed by atoms with van der Waals surface area (Å²) < 4.78 is 5.48. The van der Waals surface area contributed by atoms with Gasteiger partial charge in [-0.15, -0.1) is 0 Å². The molecule has 2 aromatic heterocycles. The van der Waals surface area contributed by atoms with Crippen LogP contribution in [0.15, 0.2) is 33.7 Å². The summed E-state index contributed by atoms with van der Waals surface area (Å²) in [5.41, 5.74) is -0.197. The quantitative estimate of drug-likeness (QED) is 0.864. The molecule has 24 heavy (non-hydrogen) atoms. The Morgan fingerprint density at radius 1 is 1.50 bits per heavy atom. The van der Waals surface area contributed by atoms with E-state index in [9.17, 15) is 9.59 Å². The van der Waals surface area contributed by atoms with E-state index in [-0.39, 0.29) is 17.5 Å². The Morgan fingerprint density at radius 2 is 2.38 bits per heavy atom. The van der Waals surface area contributed by atoms with Crippen molar-refractivity contribution in [2.24, 2.45) is 0 Å². The molecule has 0 saturated carbocycles. The highest BCUT2D eigenvalue weighted by Gasteiger charge is 2.23. The maximum Gasteiger partial charge on any atom is 0.290 e. The highest BCUT2D eigenvalue weighted by Crippen LogP contribution is 2.15. The largest absolute Gasteiger partial charge is 0.466 e. The third-order valence-corrected chi connectivity index (χ3v) is 4.17. The SMILES string of the molecule is Cc1ccc(CCC(=O)NC2CCCN(c3ncc[nH]c3=O)C2)o1. The molecule has 1 atom stereocenters. The van der Waals surface area contributed by atoms with Crippen LogP contribution in [0.25, 0.3) is 0 Å². The molecule has 3 heterocycles. The van der Waals surface area contributed by atoms with Gasteiger partial charge in [-0.2, -0.15) is 0 Å². The Kier molecular flexibility index (Phi) is 4.98. The van der Waals surface area contributed by atoms with Crippen molar-refractivity contribution in [3.8, 4) is 0 Å². The van der Waals surface area contributed by atoms with Gasteiger partial charge in [0.05, 0.1) is 0 Å². The highest BCUT2D eigenvalue weighted by molar-refractivity contribution is 5.76. The lowest BCUT2D eigenvalue weighted by Gasteiger charge is -2.33. The van der Waals surface area contributed by atoms with Crippen molar-refractivity contribution in [3.05, 3.63) is 46.4 Å². The second-order valence-corrected chi connectivity index (χ2v) is 6.11. The maximum atomic E-state index is 12.1. The molecule has 0 bridgehead atoms. The maximum absolute atomic E-state index is 12.1. The molecular weight excluding hydrogens is 308 g/mol. The van der Waals surface area contributed by atoms with Crippen LogP contribution in [0.2, 0.25) is 0 Å². The van der Waals surface area contributed by atoms with Crippen molar-refractivity contribution in [2.45, 2.75) is 38.6 Å². The van der Waals surface area contributed by atoms with Gasteiger partial charge < -0.3 is 19.6 Å². The number of piperidine rings is 1. The number of carbonyl (C=O) groups is 1. The fraction of sp³-hybridized carbons (Fsp3) is 0.471. The summed E-state index contributed by atoms with van der Waals surface area (Å²) >= 11 is 0. The van der Waals surface area contributed by atoms with Gasteiger partial charge in [0.1, 0.15) is 11.5 Å². The first-order valence-electron chi connectivity index (χ1n) is 8.25. The van der Waals surface area contributed by atoms with Crippen LogP contribution in [0, 0.1) is 6.92 Å². The number of nitrogens with one attached hydrogen (secondary N) is 2. The fourth-order valence-electron chi connectivity index (χ4n) is 3.01. The van der Waals surface area contributed by atoms with Crippen LogP contribution in [0.3, 0.4) is 0 Å². The first kappa shape index (κ1) is 16.3. The van der Waals surface area contributed by atoms with Crippen molar-refractivity contribution in [1.82, 2.24) is 15.3 Å². The molecule has 1 aliphatic heterocycles. The number of hydrogen-bond acceptors (Lipinski definition) is 5. The lowest BCUT2D eigenvalue weighted by Crippen LogP contribution is -2.49. The third kappa shape index (κ3) is 4.04. The molecule has 1 saturated heterocycles. The van der Waals surface area contributed by atoms with Gasteiger partial charge in [-0.25, -0.2) is 4.98 Å². The zero-order valence-electron chi connectivity index (χ0n) is 13.7. The van der Waals surface area contributed by atoms with Crippen LogP contribution >= 0.6 is 0 Å². The molecule has 7 nitrogen and oxygen atoms in total. The van der Waals surface area contributed by atoms with Gasteiger partial charge in [-0.1, -0.05) is 0 Å². The number of anilines is 1. The second kappa shape index (κ2) is 7.33. The zero-order valence-corrected chi connectivity index (χ0v) is 13.7. The van der Waals surface area contributed by atoms with Gasteiger partial charge in [0.25, 0.3) is 5.56 Å². The van der Waals surface area contributed by atoms with E-state index >= 15 is 0 Å². The molecule has 2 N–H and O–H groups in total. The molecule has 1 unspecified atom stereocenters. The first-order chi connectivity index (χ1) is 11.6. The normalized spacial score (nSPS) is 17.7. The van der Waals surface area contributed by atoms with E-state index in [0.29, 0.717) is 25.2 Å². The first-order valence-corrected chi connectivity index (χ1v) is 8.25. The predicted molar refractivity (Wildman–Crippen MR) is 90.0 cm³/mol. The molecule has 0 aliphatic carbocycles. The summed E-state index contributed by atoms with van der Waals surface area (Å²) in [6, 6.07) is 3.83. The molecule has 0 radical (unpaired) electrons. The van der Waals surface area contributed by atoms with Crippen LogP contribution in [-0.2, 0) is 11.2 Å². The number of amides is 1. The van der Waals surface area contributed by atoms with Crippen molar-refractivity contribution >= 4 is 11.7 Å². The molecule has 128 valence electrons. The summed E-state index contributed by atoms with van der Waals surface area (Å²) in [5, 5.41) is 3.05. The topological polar surface area (TPSA) is 91.2 Å². The monoisotopic (exact) mass is 330 g/mol. The van der Waals surface area contributed by atoms with Crippen molar-refractivity contribution in [3.63, 3.8) is 0 Å². The Hall–Kier alpha value is -2.57. The van der Waals surface area contributed by atoms with Crippen LogP contribution in [-0.4, -0.2) is 35.0 Å². The summed E-state index contributed by atoms with van der Waals surface area (Å²) in [6.07, 6.45) is 5.91. The highest BCUT2D eigenvalue weighted by atomic mass is 16.3. The third-order valence-electron chi connectivity index (χ3n) is 4.17. The Morgan fingerprint density at radius 3 is 3.12 bits per heavy atom. The van der Waals surface area contributed by atoms with Gasteiger partial charge in [0.15, 0.2) is 5.82 Å². The van der Waals surface area contributed by atoms with Crippen LogP contribution in [0.4, 0.5) is 5.82 Å². The minimum absolute atomic E-state index is 0.00540. The van der Waals surface area contributed by atoms with E-state index < -0.39 is 0 Å². The molecular formula is C17H22N4O3. The predicted octanol–water partition coefficient (Wildman–Crippen LogP) is 1.39. The average Bonchev–Trinajstić information content (AvgIpc) is 2.99. The lowest BCUT2D eigenvalue weighted by molar-refractivity contribution is -0.121. The zero-order chi connectivity index (χ0) is 16.9. The average molecular weight is 330 g/mol. The van der Waals surface area contributed by atoms with E-state index in [4.69, 9.17) is 4.42 Å². The van der Waals surface area contributed by atoms with Crippen LogP contribution in [0.5, 0.6) is 0 Å². The summed E-state index contributed by atoms with van der Waals surface area (Å²) in [6.45, 7) is 3.27. The Bertz CT molecular complexity index is 752. The Labute approximate surface area is 140 Å². The standard InChI is InChI=1S/C17H22N4O3/c1-12-4-5-14(24-12)6-7-15(22)20-13-3-2-10-21(11-13)16-17(23)19-9-8-18-16/h4-5,8-9,13H,2-3,6-7,10-11H2,1H3,(H,19,23)(H,20,22). The van der Waals surface area contributed by atoms with Gasteiger partial charge in [0.2, 0.25) is 5.91 Å². The summed E-state index contributed by atoms with van der Waals surface area (Å²) in [7, 11) is 0. The van der Waals surface area contributed by atoms with Crippen LogP contribution in [0.1, 0.15) is 30.8 Å². The van der Waals surface area contributed by atoms with Gasteiger partial charge in [0, 0.05) is 44.4 Å². The molecule has 3 rings (SSSR count). The number of furan rings is 1. The molecule has 1 fully saturated rings. The van der Waals surface area contributed by atoms with E-state index in [2.05, 4.69) is 15.3 Å². The van der Waals surface area contributed by atoms with Crippen LogP contribution < -0.4 is 15.8 Å². The number of aromatic amines is 1. The van der Waals surface area contributed by atoms with Crippen molar-refractivity contribution < 1.29 is 9.21 Å². The van der Waals surface area contributed by atoms with Gasteiger partial charge >= 0.3 is 0 Å². The number of rotatable bonds is 5. The number of H-pyrrole nitrogens is 1. The van der Waals surface area contributed by atoms with Crippen molar-refractivity contribution in [2.75, 3.05) is 18.0 Å². The summed E-state index contributed by atoms with van der Waals surface area (Å²) in [5.74, 6) is 2.11. The molecule has 1 aliphatic rings. The minimum atomic E-state index is -0.197. The van der Waals surface area contributed by atoms with E-state index in [1.54, 1.807) is 6.20 Å². The van der Waals surface area contributed by atoms with Gasteiger partial charge in [-0.3, -0.25) is 9.59 Å². The number of aryl methyl sites for hydroxylation is 2. The Balaban J connectivity index is 1.52. The summed E-state index contributed by atoms with van der Waals surface area (Å²) in [4.78, 5) is 32.7. The number of carbonyl (C=O) groups excluding carboxylic acids is 1. The number of hydrogen-bond donors (Lipinski definition) is 2. The number of nitrogens with zero attached hydrogens (tertiary/aromatic N) is 2. The molecule has 7 heteroatoms. The lowest BCUT2D eigenvalue weighted by atomic mass is 10.1. The molecule has 2 aromatic rings. The smallest absolute Gasteiger partial charge is 0.290 e. The van der Waals surface area contributed by atoms with Crippen molar-refractivity contribution in [1.29, 1.82) is 0 Å². The van der Waals surface area contributed by atoms with E-state index in [0.717, 1.165) is 30.9 Å². The fourth-order valence-corrected chi connectivity index (χ4v) is 3.01. The van der Waals surface area contributed by atoms with E-state index in [1.807, 2.05) is 24.0 Å². The van der Waals surface area contributed by atoms with E-state index in [1.165, 1.54) is 6.20 Å². The molecule has 0 aromatic carbocycles.